The third-order valence-electron chi connectivity index (χ3n) is 3.69. The zero-order chi connectivity index (χ0) is 15.0. The van der Waals surface area contributed by atoms with Gasteiger partial charge in [-0.1, -0.05) is 39.1 Å². The van der Waals surface area contributed by atoms with E-state index in [2.05, 4.69) is 51.0 Å². The summed E-state index contributed by atoms with van der Waals surface area (Å²) in [6, 6.07) is 12.2. The van der Waals surface area contributed by atoms with E-state index in [0.29, 0.717) is 10.0 Å². The lowest BCUT2D eigenvalue weighted by atomic mass is 10.1. The molecule has 2 aromatic rings. The molecule has 0 amide bonds. The van der Waals surface area contributed by atoms with Gasteiger partial charge >= 0.3 is 0 Å². The first-order chi connectivity index (χ1) is 10.0. The van der Waals surface area contributed by atoms with Crippen molar-refractivity contribution in [3.63, 3.8) is 0 Å². The molecule has 0 spiro atoms. The number of hydrogen-bond donors (Lipinski definition) is 0. The number of fused-ring (bicyclic) bond motifs is 1. The van der Waals surface area contributed by atoms with Crippen LogP contribution in [-0.4, -0.2) is 25.0 Å². The van der Waals surface area contributed by atoms with Gasteiger partial charge in [-0.3, -0.25) is 0 Å². The molecule has 0 aliphatic carbocycles. The first-order valence-corrected chi connectivity index (χ1v) is 8.29. The molecule has 0 saturated heterocycles. The summed E-state index contributed by atoms with van der Waals surface area (Å²) in [5, 5.41) is 1.17. The van der Waals surface area contributed by atoms with Crippen LogP contribution in [0, 0.1) is 0 Å². The number of rotatable bonds is 1. The Hall–Kier alpha value is -0.740. The van der Waals surface area contributed by atoms with E-state index in [9.17, 15) is 0 Å². The molecule has 0 saturated carbocycles. The third kappa shape index (κ3) is 3.21. The summed E-state index contributed by atoms with van der Waals surface area (Å²) < 4.78 is 1.10. The van der Waals surface area contributed by atoms with Crippen LogP contribution in [0.2, 0.25) is 10.0 Å². The van der Waals surface area contributed by atoms with Crippen molar-refractivity contribution in [3.8, 4) is 0 Å². The molecule has 0 radical (unpaired) electrons. The summed E-state index contributed by atoms with van der Waals surface area (Å²) >= 11 is 15.8. The molecule has 1 heterocycles. The first kappa shape index (κ1) is 15.2. The summed E-state index contributed by atoms with van der Waals surface area (Å²) in [5.41, 5.74) is 3.60. The highest BCUT2D eigenvalue weighted by Gasteiger charge is 2.19. The molecule has 1 aliphatic rings. The molecule has 0 aromatic heterocycles. The van der Waals surface area contributed by atoms with Crippen LogP contribution in [0.4, 0.5) is 11.4 Å². The molecule has 110 valence electrons. The molecular formula is C16H15BrCl2N2. The zero-order valence-corrected chi connectivity index (χ0v) is 14.7. The summed E-state index contributed by atoms with van der Waals surface area (Å²) in [5.74, 6) is 0. The summed E-state index contributed by atoms with van der Waals surface area (Å²) in [6.45, 7) is 2.85. The monoisotopic (exact) mass is 384 g/mol. The van der Waals surface area contributed by atoms with Gasteiger partial charge in [-0.15, -0.1) is 0 Å². The number of nitrogens with zero attached hydrogens (tertiary/aromatic N) is 2. The van der Waals surface area contributed by atoms with Gasteiger partial charge in [0.15, 0.2) is 0 Å². The maximum Gasteiger partial charge on any atom is 0.0613 e. The molecule has 0 unspecified atom stereocenters. The van der Waals surface area contributed by atoms with E-state index in [4.69, 9.17) is 23.2 Å². The molecule has 0 N–H and O–H groups in total. The average Bonchev–Trinajstić information content (AvgIpc) is 2.60. The number of benzene rings is 2. The van der Waals surface area contributed by atoms with Crippen LogP contribution in [-0.2, 0) is 6.54 Å². The van der Waals surface area contributed by atoms with Crippen LogP contribution in [0.3, 0.4) is 0 Å². The van der Waals surface area contributed by atoms with Crippen molar-refractivity contribution in [2.45, 2.75) is 6.54 Å². The summed E-state index contributed by atoms with van der Waals surface area (Å²) in [7, 11) is 2.14. The van der Waals surface area contributed by atoms with Gasteiger partial charge in [-0.25, -0.2) is 0 Å². The molecule has 1 aliphatic heterocycles. The first-order valence-electron chi connectivity index (χ1n) is 6.74. The van der Waals surface area contributed by atoms with Crippen molar-refractivity contribution in [2.24, 2.45) is 0 Å². The molecule has 2 nitrogen and oxygen atoms in total. The smallest absolute Gasteiger partial charge is 0.0613 e. The molecule has 3 rings (SSSR count). The summed E-state index contributed by atoms with van der Waals surface area (Å²) in [4.78, 5) is 4.62. The van der Waals surface area contributed by atoms with Gasteiger partial charge in [0.25, 0.3) is 0 Å². The highest BCUT2D eigenvalue weighted by molar-refractivity contribution is 9.10. The van der Waals surface area contributed by atoms with E-state index in [0.717, 1.165) is 29.8 Å². The largest absolute Gasteiger partial charge is 0.340 e. The van der Waals surface area contributed by atoms with Crippen LogP contribution in [0.25, 0.3) is 0 Å². The van der Waals surface area contributed by atoms with E-state index in [-0.39, 0.29) is 0 Å². The Morgan fingerprint density at radius 2 is 1.81 bits per heavy atom. The van der Waals surface area contributed by atoms with Gasteiger partial charge in [-0.2, -0.15) is 0 Å². The van der Waals surface area contributed by atoms with Crippen LogP contribution in [0.15, 0.2) is 40.9 Å². The van der Waals surface area contributed by atoms with E-state index in [1.54, 1.807) is 0 Å². The Kier molecular flexibility index (Phi) is 4.46. The van der Waals surface area contributed by atoms with Crippen LogP contribution in [0.1, 0.15) is 5.56 Å². The van der Waals surface area contributed by atoms with E-state index in [1.807, 2.05) is 18.2 Å². The minimum atomic E-state index is 0.586. The molecule has 21 heavy (non-hydrogen) atoms. The van der Waals surface area contributed by atoms with E-state index < -0.39 is 0 Å². The van der Waals surface area contributed by atoms with Crippen LogP contribution >= 0.6 is 39.1 Å². The summed E-state index contributed by atoms with van der Waals surface area (Å²) in [6.07, 6.45) is 0. The maximum atomic E-state index is 6.18. The van der Waals surface area contributed by atoms with Crippen molar-refractivity contribution in [2.75, 3.05) is 25.0 Å². The van der Waals surface area contributed by atoms with Crippen molar-refractivity contribution >= 4 is 50.5 Å². The molecule has 0 atom stereocenters. The number of likely N-dealkylation sites (N-methyl/N-ethyl adjacent to an activating group) is 1. The quantitative estimate of drug-likeness (QED) is 0.653. The predicted octanol–water partition coefficient (Wildman–Crippen LogP) is 5.34. The van der Waals surface area contributed by atoms with Gasteiger partial charge in [0.05, 0.1) is 10.0 Å². The Labute approximate surface area is 143 Å². The second kappa shape index (κ2) is 6.17. The van der Waals surface area contributed by atoms with Crippen molar-refractivity contribution in [1.82, 2.24) is 4.90 Å². The molecule has 0 bridgehead atoms. The van der Waals surface area contributed by atoms with Crippen LogP contribution < -0.4 is 4.90 Å². The highest BCUT2D eigenvalue weighted by Crippen LogP contribution is 2.35. The van der Waals surface area contributed by atoms with Gasteiger partial charge in [0.2, 0.25) is 0 Å². The van der Waals surface area contributed by atoms with E-state index in [1.165, 1.54) is 11.3 Å². The topological polar surface area (TPSA) is 6.48 Å². The Bertz CT molecular complexity index is 675. The number of hydrogen-bond acceptors (Lipinski definition) is 2. The fraction of sp³-hybridized carbons (Fsp3) is 0.250. The van der Waals surface area contributed by atoms with Gasteiger partial charge < -0.3 is 9.80 Å². The van der Waals surface area contributed by atoms with Crippen molar-refractivity contribution in [3.05, 3.63) is 56.5 Å². The predicted molar refractivity (Wildman–Crippen MR) is 93.9 cm³/mol. The maximum absolute atomic E-state index is 6.18. The Morgan fingerprint density at radius 1 is 1.00 bits per heavy atom. The standard InChI is InChI=1S/C16H15BrCl2N2/c1-20-6-7-21(13-3-4-14(18)15(19)9-13)16-5-2-12(17)8-11(16)10-20/h2-5,8-9H,6-7,10H2,1H3. The Balaban J connectivity index is 2.08. The van der Waals surface area contributed by atoms with Gasteiger partial charge in [-0.05, 0) is 49.0 Å². The SMILES string of the molecule is CN1CCN(c2ccc(Cl)c(Cl)c2)c2ccc(Br)cc2C1. The lowest BCUT2D eigenvalue weighted by Gasteiger charge is -2.25. The minimum absolute atomic E-state index is 0.586. The molecule has 2 aromatic carbocycles. The van der Waals surface area contributed by atoms with Crippen LogP contribution in [0.5, 0.6) is 0 Å². The normalized spacial score (nSPS) is 15.7. The van der Waals surface area contributed by atoms with E-state index >= 15 is 0 Å². The molecular weight excluding hydrogens is 371 g/mol. The number of halogens is 3. The number of anilines is 2. The lowest BCUT2D eigenvalue weighted by Crippen LogP contribution is -2.26. The second-order valence-electron chi connectivity index (χ2n) is 5.26. The minimum Gasteiger partial charge on any atom is -0.340 e. The fourth-order valence-corrected chi connectivity index (χ4v) is 3.33. The average molecular weight is 386 g/mol. The fourth-order valence-electron chi connectivity index (χ4n) is 2.63. The lowest BCUT2D eigenvalue weighted by molar-refractivity contribution is 0.343. The molecule has 5 heteroatoms. The van der Waals surface area contributed by atoms with Crippen molar-refractivity contribution < 1.29 is 0 Å². The van der Waals surface area contributed by atoms with Gasteiger partial charge in [0, 0.05) is 35.5 Å². The van der Waals surface area contributed by atoms with Crippen molar-refractivity contribution in [1.29, 1.82) is 0 Å². The highest BCUT2D eigenvalue weighted by atomic mass is 79.9. The Morgan fingerprint density at radius 3 is 2.57 bits per heavy atom. The molecule has 0 fully saturated rings. The second-order valence-corrected chi connectivity index (χ2v) is 6.99. The third-order valence-corrected chi connectivity index (χ3v) is 4.93. The zero-order valence-electron chi connectivity index (χ0n) is 11.6. The van der Waals surface area contributed by atoms with Gasteiger partial charge in [0.1, 0.15) is 0 Å².